The van der Waals surface area contributed by atoms with Gasteiger partial charge in [-0.05, 0) is 43.9 Å². The van der Waals surface area contributed by atoms with E-state index in [2.05, 4.69) is 12.2 Å². The zero-order valence-corrected chi connectivity index (χ0v) is 14.7. The minimum absolute atomic E-state index is 0.00888. The van der Waals surface area contributed by atoms with Crippen LogP contribution in [0.25, 0.3) is 0 Å². The molecule has 1 heterocycles. The molecule has 0 unspecified atom stereocenters. The van der Waals surface area contributed by atoms with E-state index >= 15 is 0 Å². The molecule has 0 saturated carbocycles. The number of benzene rings is 1. The van der Waals surface area contributed by atoms with Crippen LogP contribution in [-0.2, 0) is 9.53 Å². The van der Waals surface area contributed by atoms with Crippen LogP contribution in [0.4, 0.5) is 5.69 Å². The lowest BCUT2D eigenvalue weighted by molar-refractivity contribution is -0.116. The van der Waals surface area contributed by atoms with Gasteiger partial charge < -0.3 is 15.0 Å². The Balaban J connectivity index is 1.93. The SMILES string of the molecule is CCCCC(=O)Nc1cccc(C(=O)N(C)C[C@H]2CCCCO2)c1. The van der Waals surface area contributed by atoms with Gasteiger partial charge in [-0.25, -0.2) is 0 Å². The fraction of sp³-hybridized carbons (Fsp3) is 0.579. The van der Waals surface area contributed by atoms with Crippen LogP contribution in [0.1, 0.15) is 55.8 Å². The van der Waals surface area contributed by atoms with Crippen molar-refractivity contribution in [3.8, 4) is 0 Å². The van der Waals surface area contributed by atoms with Crippen LogP contribution in [0.15, 0.2) is 24.3 Å². The van der Waals surface area contributed by atoms with Gasteiger partial charge in [-0.2, -0.15) is 0 Å². The number of ether oxygens (including phenoxy) is 1. The molecule has 1 saturated heterocycles. The Hall–Kier alpha value is -1.88. The largest absolute Gasteiger partial charge is 0.376 e. The summed E-state index contributed by atoms with van der Waals surface area (Å²) >= 11 is 0. The van der Waals surface area contributed by atoms with Crippen LogP contribution in [0.5, 0.6) is 0 Å². The summed E-state index contributed by atoms with van der Waals surface area (Å²) in [5.41, 5.74) is 1.26. The van der Waals surface area contributed by atoms with E-state index in [4.69, 9.17) is 4.74 Å². The van der Waals surface area contributed by atoms with Crippen molar-refractivity contribution in [3.63, 3.8) is 0 Å². The summed E-state index contributed by atoms with van der Waals surface area (Å²) in [6, 6.07) is 7.13. The second-order valence-corrected chi connectivity index (χ2v) is 6.41. The zero-order chi connectivity index (χ0) is 17.4. The number of likely N-dealkylation sites (N-methyl/N-ethyl adjacent to an activating group) is 1. The average Bonchev–Trinajstić information content (AvgIpc) is 2.60. The van der Waals surface area contributed by atoms with Gasteiger partial charge in [0, 0.05) is 37.9 Å². The van der Waals surface area contributed by atoms with Crippen LogP contribution in [0, 0.1) is 0 Å². The summed E-state index contributed by atoms with van der Waals surface area (Å²) in [6.07, 6.45) is 5.76. The maximum atomic E-state index is 12.6. The van der Waals surface area contributed by atoms with Gasteiger partial charge in [0.15, 0.2) is 0 Å². The maximum absolute atomic E-state index is 12.6. The molecule has 0 aromatic heterocycles. The Morgan fingerprint density at radius 3 is 2.88 bits per heavy atom. The van der Waals surface area contributed by atoms with Gasteiger partial charge in [0.2, 0.25) is 5.91 Å². The van der Waals surface area contributed by atoms with E-state index in [-0.39, 0.29) is 17.9 Å². The van der Waals surface area contributed by atoms with Crippen molar-refractivity contribution in [2.45, 2.75) is 51.6 Å². The third-order valence-corrected chi connectivity index (χ3v) is 4.25. The molecule has 0 spiro atoms. The fourth-order valence-electron chi connectivity index (χ4n) is 2.85. The molecule has 1 fully saturated rings. The molecule has 0 radical (unpaired) electrons. The molecule has 1 aromatic rings. The number of hydrogen-bond acceptors (Lipinski definition) is 3. The Kier molecular flexibility index (Phi) is 7.25. The minimum atomic E-state index is -0.0474. The third kappa shape index (κ3) is 5.64. The lowest BCUT2D eigenvalue weighted by atomic mass is 10.1. The number of rotatable bonds is 7. The van der Waals surface area contributed by atoms with Gasteiger partial charge in [-0.15, -0.1) is 0 Å². The molecule has 24 heavy (non-hydrogen) atoms. The lowest BCUT2D eigenvalue weighted by Gasteiger charge is -2.27. The number of nitrogens with one attached hydrogen (secondary N) is 1. The number of anilines is 1. The number of amides is 2. The standard InChI is InChI=1S/C19H28N2O3/c1-3-4-11-18(22)20-16-9-7-8-15(13-16)19(23)21(2)14-17-10-5-6-12-24-17/h7-9,13,17H,3-6,10-12,14H2,1-2H3,(H,20,22)/t17-/m1/s1. The van der Waals surface area contributed by atoms with E-state index in [0.29, 0.717) is 24.2 Å². The van der Waals surface area contributed by atoms with E-state index in [1.165, 1.54) is 0 Å². The summed E-state index contributed by atoms with van der Waals surface area (Å²) in [5, 5.41) is 2.86. The highest BCUT2D eigenvalue weighted by Gasteiger charge is 2.20. The van der Waals surface area contributed by atoms with Gasteiger partial charge in [-0.3, -0.25) is 9.59 Å². The van der Waals surface area contributed by atoms with Crippen LogP contribution < -0.4 is 5.32 Å². The second kappa shape index (κ2) is 9.42. The first kappa shape index (κ1) is 18.5. The topological polar surface area (TPSA) is 58.6 Å². The molecule has 1 aliphatic rings. The number of carbonyl (C=O) groups excluding carboxylic acids is 2. The highest BCUT2D eigenvalue weighted by Crippen LogP contribution is 2.16. The van der Waals surface area contributed by atoms with Crippen molar-refractivity contribution >= 4 is 17.5 Å². The number of hydrogen-bond donors (Lipinski definition) is 1. The fourth-order valence-corrected chi connectivity index (χ4v) is 2.85. The molecular weight excluding hydrogens is 304 g/mol. The lowest BCUT2D eigenvalue weighted by Crippen LogP contribution is -2.37. The van der Waals surface area contributed by atoms with E-state index < -0.39 is 0 Å². The highest BCUT2D eigenvalue weighted by atomic mass is 16.5. The molecular formula is C19H28N2O3. The number of nitrogens with zero attached hydrogens (tertiary/aromatic N) is 1. The van der Waals surface area contributed by atoms with Gasteiger partial charge >= 0.3 is 0 Å². The molecule has 5 heteroatoms. The number of unbranched alkanes of at least 4 members (excludes halogenated alkanes) is 1. The third-order valence-electron chi connectivity index (χ3n) is 4.25. The van der Waals surface area contributed by atoms with Crippen LogP contribution in [0.2, 0.25) is 0 Å². The van der Waals surface area contributed by atoms with Crippen molar-refractivity contribution < 1.29 is 14.3 Å². The minimum Gasteiger partial charge on any atom is -0.376 e. The molecule has 5 nitrogen and oxygen atoms in total. The smallest absolute Gasteiger partial charge is 0.253 e. The average molecular weight is 332 g/mol. The quantitative estimate of drug-likeness (QED) is 0.832. The molecule has 132 valence electrons. The molecule has 2 amide bonds. The van der Waals surface area contributed by atoms with Gasteiger partial charge in [-0.1, -0.05) is 19.4 Å². The normalized spacial score (nSPS) is 17.3. The molecule has 1 N–H and O–H groups in total. The number of carbonyl (C=O) groups is 2. The molecule has 0 aliphatic carbocycles. The van der Waals surface area contributed by atoms with Gasteiger partial charge in [0.05, 0.1) is 6.10 Å². The van der Waals surface area contributed by atoms with E-state index in [9.17, 15) is 9.59 Å². The Morgan fingerprint density at radius 2 is 2.17 bits per heavy atom. The Bertz CT molecular complexity index is 553. The molecule has 1 aliphatic heterocycles. The Labute approximate surface area is 144 Å². The van der Waals surface area contributed by atoms with Crippen molar-refractivity contribution in [2.75, 3.05) is 25.5 Å². The van der Waals surface area contributed by atoms with Crippen LogP contribution in [0.3, 0.4) is 0 Å². The predicted octanol–water partition coefficient (Wildman–Crippen LogP) is 3.46. The van der Waals surface area contributed by atoms with E-state index in [0.717, 1.165) is 38.7 Å². The first-order valence-corrected chi connectivity index (χ1v) is 8.87. The van der Waals surface area contributed by atoms with Gasteiger partial charge in [0.25, 0.3) is 5.91 Å². The summed E-state index contributed by atoms with van der Waals surface area (Å²) in [5.74, 6) is -0.0563. The van der Waals surface area contributed by atoms with Crippen molar-refractivity contribution in [2.24, 2.45) is 0 Å². The molecule has 2 rings (SSSR count). The van der Waals surface area contributed by atoms with Crippen molar-refractivity contribution in [3.05, 3.63) is 29.8 Å². The Morgan fingerprint density at radius 1 is 1.33 bits per heavy atom. The van der Waals surface area contributed by atoms with Crippen LogP contribution >= 0.6 is 0 Å². The summed E-state index contributed by atoms with van der Waals surface area (Å²) in [7, 11) is 1.80. The van der Waals surface area contributed by atoms with Crippen LogP contribution in [-0.4, -0.2) is 43.0 Å². The van der Waals surface area contributed by atoms with Crippen molar-refractivity contribution in [1.29, 1.82) is 0 Å². The van der Waals surface area contributed by atoms with E-state index in [1.807, 2.05) is 6.07 Å². The summed E-state index contributed by atoms with van der Waals surface area (Å²) in [6.45, 7) is 3.44. The predicted molar refractivity (Wildman–Crippen MR) is 95.1 cm³/mol. The summed E-state index contributed by atoms with van der Waals surface area (Å²) in [4.78, 5) is 26.1. The summed E-state index contributed by atoms with van der Waals surface area (Å²) < 4.78 is 5.70. The van der Waals surface area contributed by atoms with E-state index in [1.54, 1.807) is 30.1 Å². The highest BCUT2D eigenvalue weighted by molar-refractivity contribution is 5.97. The molecule has 1 aromatic carbocycles. The monoisotopic (exact) mass is 332 g/mol. The second-order valence-electron chi connectivity index (χ2n) is 6.41. The molecule has 1 atom stereocenters. The van der Waals surface area contributed by atoms with Crippen molar-refractivity contribution in [1.82, 2.24) is 4.90 Å². The maximum Gasteiger partial charge on any atom is 0.253 e. The first-order valence-electron chi connectivity index (χ1n) is 8.87. The first-order chi connectivity index (χ1) is 11.6. The zero-order valence-electron chi connectivity index (χ0n) is 14.7. The molecule has 0 bridgehead atoms. The van der Waals surface area contributed by atoms with Gasteiger partial charge in [0.1, 0.15) is 0 Å².